The largest absolute Gasteiger partial charge is 0.357 e. The molecule has 0 radical (unpaired) electrons. The van der Waals surface area contributed by atoms with Gasteiger partial charge in [-0.25, -0.2) is 14.7 Å². The lowest BCUT2D eigenvalue weighted by Gasteiger charge is -2.24. The molecule has 1 aliphatic heterocycles. The summed E-state index contributed by atoms with van der Waals surface area (Å²) in [5, 5.41) is 11.1. The molecule has 0 aliphatic carbocycles. The van der Waals surface area contributed by atoms with Crippen molar-refractivity contribution in [3.63, 3.8) is 0 Å². The van der Waals surface area contributed by atoms with Gasteiger partial charge in [0, 0.05) is 37.7 Å². The van der Waals surface area contributed by atoms with Crippen LogP contribution in [0.1, 0.15) is 32.3 Å². The van der Waals surface area contributed by atoms with Gasteiger partial charge in [-0.3, -0.25) is 4.90 Å². The van der Waals surface area contributed by atoms with E-state index in [0.717, 1.165) is 37.0 Å². The van der Waals surface area contributed by atoms with Crippen LogP contribution in [0.5, 0.6) is 0 Å². The van der Waals surface area contributed by atoms with Gasteiger partial charge in [0.1, 0.15) is 0 Å². The monoisotopic (exact) mass is 355 g/mol. The van der Waals surface area contributed by atoms with E-state index in [1.807, 2.05) is 24.4 Å². The first-order valence-electron chi connectivity index (χ1n) is 9.51. The molecule has 2 N–H and O–H groups in total. The number of pyridine rings is 1. The van der Waals surface area contributed by atoms with E-state index in [9.17, 15) is 0 Å². The molecule has 0 bridgehead atoms. The summed E-state index contributed by atoms with van der Waals surface area (Å²) in [6, 6.07) is 6.52. The molecule has 3 rings (SSSR count). The highest BCUT2D eigenvalue weighted by molar-refractivity contribution is 5.79. The summed E-state index contributed by atoms with van der Waals surface area (Å²) in [5.41, 5.74) is 1.11. The van der Waals surface area contributed by atoms with Crippen LogP contribution in [-0.4, -0.2) is 57.8 Å². The topological polar surface area (TPSA) is 70.4 Å². The minimum absolute atomic E-state index is 0.605. The fourth-order valence-corrected chi connectivity index (χ4v) is 3.36. The van der Waals surface area contributed by atoms with Crippen molar-refractivity contribution in [2.24, 2.45) is 4.99 Å². The highest BCUT2D eigenvalue weighted by Crippen LogP contribution is 2.15. The highest BCUT2D eigenvalue weighted by atomic mass is 15.3. The predicted octanol–water partition coefficient (Wildman–Crippen LogP) is 1.81. The Morgan fingerprint density at radius 1 is 1.31 bits per heavy atom. The van der Waals surface area contributed by atoms with Crippen LogP contribution in [-0.2, 0) is 6.54 Å². The summed E-state index contributed by atoms with van der Waals surface area (Å²) >= 11 is 0. The van der Waals surface area contributed by atoms with E-state index in [0.29, 0.717) is 12.6 Å². The molecule has 1 aliphatic rings. The van der Waals surface area contributed by atoms with Crippen molar-refractivity contribution in [3.8, 4) is 5.82 Å². The third-order valence-electron chi connectivity index (χ3n) is 4.72. The van der Waals surface area contributed by atoms with Gasteiger partial charge in [-0.15, -0.1) is 0 Å². The quantitative estimate of drug-likeness (QED) is 0.585. The molecular formula is C19H29N7. The van der Waals surface area contributed by atoms with Gasteiger partial charge < -0.3 is 10.6 Å². The van der Waals surface area contributed by atoms with Gasteiger partial charge >= 0.3 is 0 Å². The van der Waals surface area contributed by atoms with E-state index in [4.69, 9.17) is 4.99 Å². The SMILES string of the molecule is CCNC(=NCc1ccnc(-n2cccn2)c1)NCC1CCCN1CC. The van der Waals surface area contributed by atoms with E-state index >= 15 is 0 Å². The number of nitrogens with one attached hydrogen (secondary N) is 2. The molecule has 2 aromatic heterocycles. The van der Waals surface area contributed by atoms with Crippen molar-refractivity contribution >= 4 is 5.96 Å². The van der Waals surface area contributed by atoms with Crippen molar-refractivity contribution in [3.05, 3.63) is 42.4 Å². The lowest BCUT2D eigenvalue weighted by Crippen LogP contribution is -2.44. The van der Waals surface area contributed by atoms with Crippen molar-refractivity contribution in [1.29, 1.82) is 0 Å². The number of hydrogen-bond donors (Lipinski definition) is 2. The summed E-state index contributed by atoms with van der Waals surface area (Å²) in [6.45, 7) is 9.05. The van der Waals surface area contributed by atoms with Crippen LogP contribution in [0.2, 0.25) is 0 Å². The number of guanidine groups is 1. The Morgan fingerprint density at radius 2 is 2.23 bits per heavy atom. The Kier molecular flexibility index (Phi) is 6.60. The van der Waals surface area contributed by atoms with Crippen LogP contribution in [0.4, 0.5) is 0 Å². The van der Waals surface area contributed by atoms with Crippen molar-refractivity contribution in [2.75, 3.05) is 26.2 Å². The Labute approximate surface area is 155 Å². The molecule has 0 amide bonds. The molecule has 0 saturated carbocycles. The first-order valence-corrected chi connectivity index (χ1v) is 9.51. The lowest BCUT2D eigenvalue weighted by atomic mass is 10.2. The standard InChI is InChI=1S/C19H29N7/c1-3-20-19(23-15-17-7-5-11-25(17)4-2)22-14-16-8-10-21-18(13-16)26-12-6-9-24-26/h6,8-10,12-13,17H,3-5,7,11,14-15H2,1-2H3,(H2,20,22,23). The van der Waals surface area contributed by atoms with Crippen LogP contribution >= 0.6 is 0 Å². The van der Waals surface area contributed by atoms with Crippen molar-refractivity contribution < 1.29 is 0 Å². The first kappa shape index (κ1) is 18.4. The molecular weight excluding hydrogens is 326 g/mol. The molecule has 0 spiro atoms. The Bertz CT molecular complexity index is 696. The van der Waals surface area contributed by atoms with Crippen LogP contribution in [0.25, 0.3) is 5.82 Å². The summed E-state index contributed by atoms with van der Waals surface area (Å²) in [6.07, 6.45) is 8.00. The lowest BCUT2D eigenvalue weighted by molar-refractivity contribution is 0.267. The van der Waals surface area contributed by atoms with Crippen LogP contribution in [0, 0.1) is 0 Å². The van der Waals surface area contributed by atoms with Crippen molar-refractivity contribution in [2.45, 2.75) is 39.3 Å². The number of likely N-dealkylation sites (tertiary alicyclic amines) is 1. The van der Waals surface area contributed by atoms with Crippen molar-refractivity contribution in [1.82, 2.24) is 30.3 Å². The molecule has 0 aromatic carbocycles. The molecule has 3 heterocycles. The maximum Gasteiger partial charge on any atom is 0.191 e. The fourth-order valence-electron chi connectivity index (χ4n) is 3.36. The molecule has 26 heavy (non-hydrogen) atoms. The third-order valence-corrected chi connectivity index (χ3v) is 4.72. The molecule has 7 heteroatoms. The van der Waals surface area contributed by atoms with Gasteiger partial charge in [0.15, 0.2) is 11.8 Å². The van der Waals surface area contributed by atoms with Crippen LogP contribution in [0.15, 0.2) is 41.8 Å². The highest BCUT2D eigenvalue weighted by Gasteiger charge is 2.22. The van der Waals surface area contributed by atoms with E-state index in [1.165, 1.54) is 19.4 Å². The molecule has 1 atom stereocenters. The molecule has 1 unspecified atom stereocenters. The number of rotatable bonds is 7. The number of hydrogen-bond acceptors (Lipinski definition) is 4. The summed E-state index contributed by atoms with van der Waals surface area (Å²) in [5.74, 6) is 1.68. The van der Waals surface area contributed by atoms with E-state index in [-0.39, 0.29) is 0 Å². The smallest absolute Gasteiger partial charge is 0.191 e. The fraction of sp³-hybridized carbons (Fsp3) is 0.526. The second kappa shape index (κ2) is 9.33. The number of likely N-dealkylation sites (N-methyl/N-ethyl adjacent to an activating group) is 1. The van der Waals surface area contributed by atoms with Gasteiger partial charge in [-0.1, -0.05) is 6.92 Å². The van der Waals surface area contributed by atoms with Gasteiger partial charge in [0.05, 0.1) is 6.54 Å². The van der Waals surface area contributed by atoms with E-state index in [1.54, 1.807) is 17.1 Å². The van der Waals surface area contributed by atoms with Crippen LogP contribution in [0.3, 0.4) is 0 Å². The van der Waals surface area contributed by atoms with E-state index < -0.39 is 0 Å². The molecule has 1 fully saturated rings. The van der Waals surface area contributed by atoms with Gasteiger partial charge in [0.2, 0.25) is 0 Å². The summed E-state index contributed by atoms with van der Waals surface area (Å²) in [7, 11) is 0. The van der Waals surface area contributed by atoms with Gasteiger partial charge in [-0.2, -0.15) is 5.10 Å². The number of nitrogens with zero attached hydrogens (tertiary/aromatic N) is 5. The zero-order chi connectivity index (χ0) is 18.2. The molecule has 7 nitrogen and oxygen atoms in total. The second-order valence-corrected chi connectivity index (χ2v) is 6.47. The van der Waals surface area contributed by atoms with Crippen LogP contribution < -0.4 is 10.6 Å². The molecule has 1 saturated heterocycles. The first-order chi connectivity index (χ1) is 12.8. The Balaban J connectivity index is 1.61. The zero-order valence-corrected chi connectivity index (χ0v) is 15.7. The third kappa shape index (κ3) is 4.82. The predicted molar refractivity (Wildman–Crippen MR) is 104 cm³/mol. The summed E-state index contributed by atoms with van der Waals surface area (Å²) < 4.78 is 1.76. The molecule has 140 valence electrons. The Hall–Kier alpha value is -2.41. The number of aromatic nitrogens is 3. The maximum atomic E-state index is 4.74. The minimum atomic E-state index is 0.605. The normalized spacial score (nSPS) is 18.2. The Morgan fingerprint density at radius 3 is 3.00 bits per heavy atom. The van der Waals surface area contributed by atoms with Gasteiger partial charge in [0.25, 0.3) is 0 Å². The number of aliphatic imine (C=N–C) groups is 1. The second-order valence-electron chi connectivity index (χ2n) is 6.47. The van der Waals surface area contributed by atoms with Gasteiger partial charge in [-0.05, 0) is 56.6 Å². The summed E-state index contributed by atoms with van der Waals surface area (Å²) in [4.78, 5) is 11.6. The average Bonchev–Trinajstić information content (AvgIpc) is 3.35. The zero-order valence-electron chi connectivity index (χ0n) is 15.7. The average molecular weight is 355 g/mol. The minimum Gasteiger partial charge on any atom is -0.357 e. The molecule has 2 aromatic rings. The maximum absolute atomic E-state index is 4.74. The van der Waals surface area contributed by atoms with E-state index in [2.05, 4.69) is 39.5 Å².